The molecular weight excluding hydrogens is 368 g/mol. The predicted molar refractivity (Wildman–Crippen MR) is 111 cm³/mol. The van der Waals surface area contributed by atoms with Gasteiger partial charge in [-0.2, -0.15) is 15.0 Å². The van der Waals surface area contributed by atoms with Crippen LogP contribution in [0.2, 0.25) is 0 Å². The molecule has 2 aromatic rings. The van der Waals surface area contributed by atoms with Gasteiger partial charge in [0.15, 0.2) is 0 Å². The van der Waals surface area contributed by atoms with Crippen molar-refractivity contribution in [3.05, 3.63) is 29.7 Å². The van der Waals surface area contributed by atoms with Gasteiger partial charge in [-0.15, -0.1) is 0 Å². The standard InChI is InChI=1S/C20H28N8O/c1-3-16-23-19(26-20(25-16)28-10-8-27(2)9-11-28)24-17-12-14(6-7-21-17)13-18(29)22-15-4-5-15/h6-7,12,15H,3-5,8-11,13H2,1-2H3,(H,22,29)(H,21,23,24,25,26). The summed E-state index contributed by atoms with van der Waals surface area (Å²) in [6, 6.07) is 4.10. The molecule has 4 rings (SSSR count). The Morgan fingerprint density at radius 3 is 2.69 bits per heavy atom. The van der Waals surface area contributed by atoms with Crippen molar-refractivity contribution in [1.29, 1.82) is 0 Å². The molecule has 2 N–H and O–H groups in total. The number of carbonyl (C=O) groups excluding carboxylic acids is 1. The number of rotatable bonds is 7. The van der Waals surface area contributed by atoms with Crippen LogP contribution in [-0.2, 0) is 17.6 Å². The Hall–Kier alpha value is -2.81. The van der Waals surface area contributed by atoms with Gasteiger partial charge in [-0.1, -0.05) is 6.92 Å². The first kappa shape index (κ1) is 19.5. The molecule has 2 fully saturated rings. The van der Waals surface area contributed by atoms with E-state index in [1.165, 1.54) is 0 Å². The topological polar surface area (TPSA) is 99.2 Å². The Morgan fingerprint density at radius 1 is 1.17 bits per heavy atom. The van der Waals surface area contributed by atoms with Gasteiger partial charge < -0.3 is 20.4 Å². The van der Waals surface area contributed by atoms with Crippen molar-refractivity contribution in [1.82, 2.24) is 30.2 Å². The van der Waals surface area contributed by atoms with Gasteiger partial charge in [-0.25, -0.2) is 4.98 Å². The van der Waals surface area contributed by atoms with Crippen LogP contribution in [0.25, 0.3) is 0 Å². The Balaban J connectivity index is 1.47. The second-order valence-electron chi connectivity index (χ2n) is 7.71. The molecule has 9 nitrogen and oxygen atoms in total. The maximum atomic E-state index is 12.1. The molecule has 0 atom stereocenters. The second kappa shape index (κ2) is 8.69. The lowest BCUT2D eigenvalue weighted by molar-refractivity contribution is -0.120. The molecule has 9 heteroatoms. The summed E-state index contributed by atoms with van der Waals surface area (Å²) in [5.74, 6) is 2.61. The van der Waals surface area contributed by atoms with Crippen LogP contribution in [-0.4, -0.2) is 70.0 Å². The van der Waals surface area contributed by atoms with Crippen LogP contribution < -0.4 is 15.5 Å². The fourth-order valence-corrected chi connectivity index (χ4v) is 3.23. The lowest BCUT2D eigenvalue weighted by atomic mass is 10.2. The fraction of sp³-hybridized carbons (Fsp3) is 0.550. The molecule has 3 heterocycles. The van der Waals surface area contributed by atoms with Crippen molar-refractivity contribution >= 4 is 23.6 Å². The van der Waals surface area contributed by atoms with Crippen LogP contribution in [0.3, 0.4) is 0 Å². The summed E-state index contributed by atoms with van der Waals surface area (Å²) in [6.07, 6.45) is 4.95. The average Bonchev–Trinajstić information content (AvgIpc) is 3.52. The van der Waals surface area contributed by atoms with Crippen LogP contribution in [0.4, 0.5) is 17.7 Å². The third-order valence-corrected chi connectivity index (χ3v) is 5.14. The highest BCUT2D eigenvalue weighted by Crippen LogP contribution is 2.20. The highest BCUT2D eigenvalue weighted by molar-refractivity contribution is 5.79. The van der Waals surface area contributed by atoms with Gasteiger partial charge in [-0.05, 0) is 37.6 Å². The summed E-state index contributed by atoms with van der Waals surface area (Å²) < 4.78 is 0. The number of hydrogen-bond acceptors (Lipinski definition) is 8. The molecule has 1 saturated carbocycles. The summed E-state index contributed by atoms with van der Waals surface area (Å²) >= 11 is 0. The number of aryl methyl sites for hydroxylation is 1. The van der Waals surface area contributed by atoms with E-state index in [0.29, 0.717) is 30.2 Å². The molecule has 1 saturated heterocycles. The summed E-state index contributed by atoms with van der Waals surface area (Å²) in [5, 5.41) is 6.20. The minimum Gasteiger partial charge on any atom is -0.353 e. The molecule has 2 aliphatic rings. The number of pyridine rings is 1. The van der Waals surface area contributed by atoms with E-state index >= 15 is 0 Å². The van der Waals surface area contributed by atoms with Gasteiger partial charge >= 0.3 is 0 Å². The molecule has 1 amide bonds. The van der Waals surface area contributed by atoms with E-state index in [4.69, 9.17) is 0 Å². The molecule has 0 unspecified atom stereocenters. The van der Waals surface area contributed by atoms with Crippen LogP contribution in [0.15, 0.2) is 18.3 Å². The fourth-order valence-electron chi connectivity index (χ4n) is 3.23. The van der Waals surface area contributed by atoms with E-state index < -0.39 is 0 Å². The van der Waals surface area contributed by atoms with Crippen LogP contribution in [0.5, 0.6) is 0 Å². The first-order valence-electron chi connectivity index (χ1n) is 10.3. The molecule has 0 spiro atoms. The number of aromatic nitrogens is 4. The minimum atomic E-state index is 0.0513. The van der Waals surface area contributed by atoms with E-state index in [-0.39, 0.29) is 5.91 Å². The molecule has 1 aliphatic heterocycles. The molecule has 0 aromatic carbocycles. The maximum absolute atomic E-state index is 12.1. The van der Waals surface area contributed by atoms with E-state index in [1.54, 1.807) is 6.20 Å². The van der Waals surface area contributed by atoms with Crippen molar-refractivity contribution < 1.29 is 4.79 Å². The first-order valence-corrected chi connectivity index (χ1v) is 10.3. The van der Waals surface area contributed by atoms with E-state index in [0.717, 1.165) is 56.8 Å². The van der Waals surface area contributed by atoms with Crippen LogP contribution in [0.1, 0.15) is 31.2 Å². The minimum absolute atomic E-state index is 0.0513. The number of piperazine rings is 1. The summed E-state index contributed by atoms with van der Waals surface area (Å²) in [7, 11) is 2.12. The zero-order chi connectivity index (χ0) is 20.2. The molecule has 0 bridgehead atoms. The number of nitrogens with zero attached hydrogens (tertiary/aromatic N) is 6. The third kappa shape index (κ3) is 5.38. The SMILES string of the molecule is CCc1nc(Nc2cc(CC(=O)NC3CC3)ccn2)nc(N2CCN(C)CC2)n1. The molecule has 154 valence electrons. The van der Waals surface area contributed by atoms with E-state index in [1.807, 2.05) is 19.1 Å². The van der Waals surface area contributed by atoms with Crippen LogP contribution >= 0.6 is 0 Å². The lowest BCUT2D eigenvalue weighted by Crippen LogP contribution is -2.45. The zero-order valence-electron chi connectivity index (χ0n) is 17.1. The highest BCUT2D eigenvalue weighted by Gasteiger charge is 2.23. The van der Waals surface area contributed by atoms with E-state index in [9.17, 15) is 4.79 Å². The van der Waals surface area contributed by atoms with Gasteiger partial charge in [0.25, 0.3) is 0 Å². The average molecular weight is 396 g/mol. The van der Waals surface area contributed by atoms with Crippen molar-refractivity contribution in [2.75, 3.05) is 43.4 Å². The van der Waals surface area contributed by atoms with Gasteiger partial charge in [0.1, 0.15) is 11.6 Å². The molecule has 1 aliphatic carbocycles. The largest absolute Gasteiger partial charge is 0.353 e. The van der Waals surface area contributed by atoms with Crippen molar-refractivity contribution in [3.8, 4) is 0 Å². The summed E-state index contributed by atoms with van der Waals surface area (Å²) in [6.45, 7) is 5.80. The Bertz CT molecular complexity index is 861. The molecular formula is C20H28N8O. The molecule has 0 radical (unpaired) electrons. The Labute approximate surface area is 171 Å². The van der Waals surface area contributed by atoms with Crippen LogP contribution in [0, 0.1) is 0 Å². The maximum Gasteiger partial charge on any atom is 0.233 e. The number of likely N-dealkylation sites (N-methyl/N-ethyl adjacent to an activating group) is 1. The number of anilines is 3. The van der Waals surface area contributed by atoms with Crippen molar-refractivity contribution in [3.63, 3.8) is 0 Å². The van der Waals surface area contributed by atoms with E-state index in [2.05, 4.69) is 47.4 Å². The monoisotopic (exact) mass is 396 g/mol. The smallest absolute Gasteiger partial charge is 0.233 e. The van der Waals surface area contributed by atoms with Gasteiger partial charge in [0, 0.05) is 44.8 Å². The Morgan fingerprint density at radius 2 is 1.97 bits per heavy atom. The normalized spacial score (nSPS) is 17.2. The second-order valence-corrected chi connectivity index (χ2v) is 7.71. The third-order valence-electron chi connectivity index (χ3n) is 5.14. The highest BCUT2D eigenvalue weighted by atomic mass is 16.1. The summed E-state index contributed by atoms with van der Waals surface area (Å²) in [5.41, 5.74) is 0.907. The number of nitrogens with one attached hydrogen (secondary N) is 2. The van der Waals surface area contributed by atoms with Gasteiger partial charge in [0.05, 0.1) is 6.42 Å². The van der Waals surface area contributed by atoms with Crippen molar-refractivity contribution in [2.45, 2.75) is 38.6 Å². The predicted octanol–water partition coefficient (Wildman–Crippen LogP) is 1.15. The summed E-state index contributed by atoms with van der Waals surface area (Å²) in [4.78, 5) is 34.6. The Kier molecular flexibility index (Phi) is 5.84. The number of hydrogen-bond donors (Lipinski definition) is 2. The number of carbonyl (C=O) groups is 1. The van der Waals surface area contributed by atoms with Gasteiger partial charge in [-0.3, -0.25) is 4.79 Å². The number of amides is 1. The molecule has 2 aromatic heterocycles. The lowest BCUT2D eigenvalue weighted by Gasteiger charge is -2.32. The molecule has 29 heavy (non-hydrogen) atoms. The quantitative estimate of drug-likeness (QED) is 0.719. The van der Waals surface area contributed by atoms with Gasteiger partial charge in [0.2, 0.25) is 17.8 Å². The first-order chi connectivity index (χ1) is 14.1. The van der Waals surface area contributed by atoms with Crippen molar-refractivity contribution in [2.24, 2.45) is 0 Å². The zero-order valence-corrected chi connectivity index (χ0v) is 17.1.